The predicted molar refractivity (Wildman–Crippen MR) is 102 cm³/mol. The zero-order valence-electron chi connectivity index (χ0n) is 16.2. The van der Waals surface area contributed by atoms with E-state index in [0.717, 1.165) is 19.3 Å². The Morgan fingerprint density at radius 1 is 1.00 bits per heavy atom. The Kier molecular flexibility index (Phi) is 8.70. The number of rotatable bonds is 11. The van der Waals surface area contributed by atoms with Crippen molar-refractivity contribution >= 4 is 5.57 Å². The Morgan fingerprint density at radius 2 is 1.68 bits per heavy atom. The van der Waals surface area contributed by atoms with Gasteiger partial charge in [-0.05, 0) is 24.1 Å². The van der Waals surface area contributed by atoms with E-state index in [1.54, 1.807) is 18.2 Å². The van der Waals surface area contributed by atoms with Crippen molar-refractivity contribution in [3.8, 4) is 0 Å². The molecular formula is C22H28F4O2. The van der Waals surface area contributed by atoms with E-state index < -0.39 is 18.0 Å². The lowest BCUT2D eigenvalue weighted by Gasteiger charge is -2.33. The topological polar surface area (TPSA) is 18.5 Å². The highest BCUT2D eigenvalue weighted by atomic mass is 19.4. The lowest BCUT2D eigenvalue weighted by molar-refractivity contribution is -0.403. The first kappa shape index (κ1) is 22.6. The molecule has 0 aromatic heterocycles. The van der Waals surface area contributed by atoms with Crippen molar-refractivity contribution in [3.63, 3.8) is 0 Å². The van der Waals surface area contributed by atoms with Crippen molar-refractivity contribution in [1.82, 2.24) is 0 Å². The van der Waals surface area contributed by atoms with Gasteiger partial charge in [0.05, 0.1) is 6.61 Å². The van der Waals surface area contributed by atoms with Gasteiger partial charge in [-0.3, -0.25) is 4.74 Å². The zero-order valence-corrected chi connectivity index (χ0v) is 16.2. The molecule has 0 amide bonds. The Morgan fingerprint density at radius 3 is 2.29 bits per heavy atom. The minimum absolute atomic E-state index is 0.136. The monoisotopic (exact) mass is 400 g/mol. The van der Waals surface area contributed by atoms with E-state index in [2.05, 4.69) is 11.7 Å². The van der Waals surface area contributed by atoms with Crippen molar-refractivity contribution in [2.75, 3.05) is 6.61 Å². The second-order valence-corrected chi connectivity index (χ2v) is 7.01. The summed E-state index contributed by atoms with van der Waals surface area (Å²) in [5.74, 6) is -2.32. The minimum atomic E-state index is -4.83. The van der Waals surface area contributed by atoms with E-state index in [4.69, 9.17) is 4.74 Å². The third kappa shape index (κ3) is 7.40. The predicted octanol–water partition coefficient (Wildman–Crippen LogP) is 7.17. The molecule has 6 heteroatoms. The maximum atomic E-state index is 13.9. The Hall–Kier alpha value is -1.66. The van der Waals surface area contributed by atoms with Crippen LogP contribution in [0.2, 0.25) is 0 Å². The van der Waals surface area contributed by atoms with Crippen LogP contribution in [0, 0.1) is 5.82 Å². The average Bonchev–Trinajstić information content (AvgIpc) is 2.64. The molecule has 1 aliphatic rings. The molecule has 28 heavy (non-hydrogen) atoms. The molecule has 0 saturated carbocycles. The molecule has 0 spiro atoms. The molecule has 2 nitrogen and oxygen atoms in total. The van der Waals surface area contributed by atoms with Gasteiger partial charge in [-0.1, -0.05) is 75.8 Å². The molecule has 0 N–H and O–H groups in total. The van der Waals surface area contributed by atoms with Crippen molar-refractivity contribution in [2.45, 2.75) is 70.4 Å². The van der Waals surface area contributed by atoms with Crippen LogP contribution in [0.25, 0.3) is 5.57 Å². The molecule has 0 saturated heterocycles. The molecule has 1 atom stereocenters. The number of ether oxygens (including phenoxy) is 2. The Labute approximate surface area is 164 Å². The maximum Gasteiger partial charge on any atom is 0.525 e. The van der Waals surface area contributed by atoms with Crippen LogP contribution in [-0.4, -0.2) is 18.8 Å². The smallest absolute Gasteiger partial charge is 0.346 e. The number of alkyl halides is 3. The second-order valence-electron chi connectivity index (χ2n) is 7.01. The summed E-state index contributed by atoms with van der Waals surface area (Å²) in [6, 6.07) is 6.14. The van der Waals surface area contributed by atoms with Crippen LogP contribution in [0.4, 0.5) is 17.6 Å². The van der Waals surface area contributed by atoms with Crippen LogP contribution in [0.5, 0.6) is 0 Å². The Bertz CT molecular complexity index is 667. The van der Waals surface area contributed by atoms with Crippen LogP contribution in [0.1, 0.15) is 63.9 Å². The van der Waals surface area contributed by atoms with Crippen LogP contribution in [0.15, 0.2) is 42.5 Å². The first-order chi connectivity index (χ1) is 13.4. The van der Waals surface area contributed by atoms with Gasteiger partial charge in [-0.25, -0.2) is 4.39 Å². The van der Waals surface area contributed by atoms with Crippen molar-refractivity contribution in [1.29, 1.82) is 0 Å². The van der Waals surface area contributed by atoms with Crippen LogP contribution in [0.3, 0.4) is 0 Å². The first-order valence-corrected chi connectivity index (χ1v) is 9.90. The van der Waals surface area contributed by atoms with Gasteiger partial charge >= 0.3 is 6.36 Å². The van der Waals surface area contributed by atoms with Gasteiger partial charge in [-0.15, -0.1) is 13.2 Å². The third-order valence-electron chi connectivity index (χ3n) is 4.69. The molecule has 0 radical (unpaired) electrons. The molecular weight excluding hydrogens is 372 g/mol. The summed E-state index contributed by atoms with van der Waals surface area (Å²) in [5, 5.41) is 0. The van der Waals surface area contributed by atoms with Gasteiger partial charge in [0, 0.05) is 12.0 Å². The van der Waals surface area contributed by atoms with Gasteiger partial charge in [0.2, 0.25) is 5.79 Å². The largest absolute Gasteiger partial charge is 0.525 e. The van der Waals surface area contributed by atoms with Crippen molar-refractivity contribution < 1.29 is 27.0 Å². The molecule has 0 aliphatic heterocycles. The highest BCUT2D eigenvalue weighted by molar-refractivity contribution is 5.75. The standard InChI is InChI=1S/C22H28F4O2/c1-2-3-4-5-6-7-10-17-27-21(28-22(24,25)26)15-13-18(14-16-21)19-11-8-9-12-20(19)23/h8-9,11-15H,2-7,10,16-17H2,1H3. The van der Waals surface area contributed by atoms with Crippen LogP contribution < -0.4 is 0 Å². The number of hydrogen-bond donors (Lipinski definition) is 0. The highest BCUT2D eigenvalue weighted by Gasteiger charge is 2.43. The molecule has 0 fully saturated rings. The molecule has 156 valence electrons. The molecule has 0 bridgehead atoms. The molecule has 0 heterocycles. The molecule has 1 unspecified atom stereocenters. The Balaban J connectivity index is 1.92. The van der Waals surface area contributed by atoms with Crippen LogP contribution >= 0.6 is 0 Å². The van der Waals surface area contributed by atoms with Gasteiger partial charge in [-0.2, -0.15) is 0 Å². The fraction of sp³-hybridized carbons (Fsp3) is 0.545. The summed E-state index contributed by atoms with van der Waals surface area (Å²) >= 11 is 0. The molecule has 2 rings (SSSR count). The van der Waals surface area contributed by atoms with E-state index in [0.29, 0.717) is 17.6 Å². The van der Waals surface area contributed by atoms with E-state index in [1.165, 1.54) is 43.6 Å². The summed E-state index contributed by atoms with van der Waals surface area (Å²) in [6.07, 6.45) is 6.56. The van der Waals surface area contributed by atoms with Crippen molar-refractivity contribution in [3.05, 3.63) is 53.9 Å². The second kappa shape index (κ2) is 10.8. The SMILES string of the molecule is CCCCCCCCCOC1(OC(F)(F)F)C=CC(c2ccccc2F)=CC1. The summed E-state index contributed by atoms with van der Waals surface area (Å²) in [4.78, 5) is 0. The minimum Gasteiger partial charge on any atom is -0.346 e. The number of halogens is 4. The van der Waals surface area contributed by atoms with E-state index >= 15 is 0 Å². The number of hydrogen-bond acceptors (Lipinski definition) is 2. The normalized spacial score (nSPS) is 19.7. The maximum absolute atomic E-state index is 13.9. The van der Waals surface area contributed by atoms with Gasteiger partial charge in [0.15, 0.2) is 0 Å². The van der Waals surface area contributed by atoms with Gasteiger partial charge in [0.25, 0.3) is 0 Å². The molecule has 1 aromatic carbocycles. The summed E-state index contributed by atoms with van der Waals surface area (Å²) < 4.78 is 62.4. The van der Waals surface area contributed by atoms with Crippen LogP contribution in [-0.2, 0) is 9.47 Å². The van der Waals surface area contributed by atoms with E-state index in [1.807, 2.05) is 0 Å². The third-order valence-corrected chi connectivity index (χ3v) is 4.69. The summed E-state index contributed by atoms with van der Waals surface area (Å²) in [7, 11) is 0. The summed E-state index contributed by atoms with van der Waals surface area (Å²) in [6.45, 7) is 2.33. The first-order valence-electron chi connectivity index (χ1n) is 9.90. The van der Waals surface area contributed by atoms with Gasteiger partial charge < -0.3 is 4.74 Å². The zero-order chi connectivity index (χ0) is 20.5. The number of benzene rings is 1. The molecule has 1 aliphatic carbocycles. The van der Waals surface area contributed by atoms with E-state index in [9.17, 15) is 17.6 Å². The van der Waals surface area contributed by atoms with E-state index in [-0.39, 0.29) is 13.0 Å². The molecule has 1 aromatic rings. The summed E-state index contributed by atoms with van der Waals surface area (Å²) in [5.41, 5.74) is 0.852. The number of unbranched alkanes of at least 4 members (excludes halogenated alkanes) is 6. The lowest BCUT2D eigenvalue weighted by Crippen LogP contribution is -2.40. The number of allylic oxidation sites excluding steroid dienone is 2. The fourth-order valence-corrected chi connectivity index (χ4v) is 3.21. The lowest BCUT2D eigenvalue weighted by atomic mass is 9.96. The average molecular weight is 400 g/mol. The highest BCUT2D eigenvalue weighted by Crippen LogP contribution is 2.36. The van der Waals surface area contributed by atoms with Gasteiger partial charge in [0.1, 0.15) is 5.82 Å². The fourth-order valence-electron chi connectivity index (χ4n) is 3.21. The van der Waals surface area contributed by atoms with Crippen molar-refractivity contribution in [2.24, 2.45) is 0 Å². The quantitative estimate of drug-likeness (QED) is 0.223.